The Labute approximate surface area is 315 Å². The van der Waals surface area contributed by atoms with Gasteiger partial charge in [-0.1, -0.05) is 30.5 Å². The second kappa shape index (κ2) is 14.8. The lowest BCUT2D eigenvalue weighted by molar-refractivity contribution is -0.122. The second-order valence-corrected chi connectivity index (χ2v) is 15.4. The number of nitrogens with one attached hydrogen (secondary N) is 2. The van der Waals surface area contributed by atoms with Gasteiger partial charge >= 0.3 is 0 Å². The van der Waals surface area contributed by atoms with Gasteiger partial charge in [0, 0.05) is 36.2 Å². The fourth-order valence-corrected chi connectivity index (χ4v) is 7.58. The molecule has 6 rings (SSSR count). The Balaban J connectivity index is 1.53. The van der Waals surface area contributed by atoms with Crippen LogP contribution in [-0.2, 0) is 40.8 Å². The average Bonchev–Trinajstić information content (AvgIpc) is 3.68. The van der Waals surface area contributed by atoms with Crippen LogP contribution < -0.4 is 10.0 Å². The van der Waals surface area contributed by atoms with Gasteiger partial charge in [0.05, 0.1) is 33.9 Å². The third-order valence-electron chi connectivity index (χ3n) is 8.79. The van der Waals surface area contributed by atoms with Gasteiger partial charge in [0.2, 0.25) is 15.9 Å². The van der Waals surface area contributed by atoms with Crippen molar-refractivity contribution in [3.8, 4) is 23.0 Å². The first-order valence-electron chi connectivity index (χ1n) is 16.6. The molecule has 55 heavy (non-hydrogen) atoms. The van der Waals surface area contributed by atoms with E-state index in [2.05, 4.69) is 37.1 Å². The van der Waals surface area contributed by atoms with Crippen molar-refractivity contribution >= 4 is 44.3 Å². The van der Waals surface area contributed by atoms with Crippen molar-refractivity contribution in [1.29, 1.82) is 0 Å². The molecule has 19 heteroatoms. The second-order valence-electron chi connectivity index (χ2n) is 13.3. The molecule has 290 valence electrons. The summed E-state index contributed by atoms with van der Waals surface area (Å²) < 4.78 is 116. The minimum absolute atomic E-state index is 0.0239. The number of aliphatic hydroxyl groups is 1. The lowest BCUT2D eigenvalue weighted by Crippen LogP contribution is -2.35. The summed E-state index contributed by atoms with van der Waals surface area (Å²) in [6.45, 7) is 1.84. The van der Waals surface area contributed by atoms with Gasteiger partial charge in [0.15, 0.2) is 5.82 Å². The molecule has 1 amide bonds. The Bertz CT molecular complexity index is 2490. The molecule has 0 radical (unpaired) electrons. The zero-order chi connectivity index (χ0) is 40.1. The van der Waals surface area contributed by atoms with Crippen LogP contribution in [0.1, 0.15) is 72.6 Å². The van der Waals surface area contributed by atoms with Gasteiger partial charge < -0.3 is 10.4 Å². The van der Waals surface area contributed by atoms with Crippen LogP contribution in [0, 0.1) is 23.5 Å². The van der Waals surface area contributed by atoms with Crippen molar-refractivity contribution in [2.45, 2.75) is 63.6 Å². The van der Waals surface area contributed by atoms with Gasteiger partial charge in [-0.15, -0.1) is 0 Å². The smallest absolute Gasteiger partial charge is 0.290 e. The van der Waals surface area contributed by atoms with E-state index in [1.807, 2.05) is 0 Å². The number of amides is 1. The SMILES string of the molecule is CC(O)C#Cc1ccc(-c2ccc(Cl)c3c(NS(C)(=O)=O)nn(C)c23)c(C(Cc2cc(F)cc(F)c2)NC(=O)Cn2nc(C(F)F)c3c2C(F)(F)CC3C)n1. The van der Waals surface area contributed by atoms with Crippen LogP contribution in [0.5, 0.6) is 0 Å². The topological polar surface area (TPSA) is 144 Å². The molecule has 5 aromatic rings. The predicted octanol–water partition coefficient (Wildman–Crippen LogP) is 6.50. The Morgan fingerprint density at radius 3 is 2.40 bits per heavy atom. The molecule has 3 aromatic heterocycles. The molecular weight excluding hydrogens is 776 g/mol. The lowest BCUT2D eigenvalue weighted by Gasteiger charge is -2.23. The Morgan fingerprint density at radius 2 is 1.76 bits per heavy atom. The van der Waals surface area contributed by atoms with Crippen LogP contribution in [-0.4, -0.2) is 56.3 Å². The summed E-state index contributed by atoms with van der Waals surface area (Å²) in [5, 5.41) is 20.8. The summed E-state index contributed by atoms with van der Waals surface area (Å²) in [5.41, 5.74) is -0.941. The number of carbonyl (C=O) groups is 1. The molecule has 2 aromatic carbocycles. The van der Waals surface area contributed by atoms with E-state index in [9.17, 15) is 35.9 Å². The molecule has 3 heterocycles. The maximum absolute atomic E-state index is 15.2. The normalized spacial score (nSPS) is 16.1. The van der Waals surface area contributed by atoms with E-state index in [1.165, 1.54) is 37.7 Å². The van der Waals surface area contributed by atoms with Crippen LogP contribution >= 0.6 is 11.6 Å². The molecule has 3 atom stereocenters. The number of sulfonamides is 1. The van der Waals surface area contributed by atoms with Crippen molar-refractivity contribution in [3.05, 3.63) is 93.0 Å². The Kier molecular flexibility index (Phi) is 10.7. The number of aliphatic hydroxyl groups excluding tert-OH is 1. The summed E-state index contributed by atoms with van der Waals surface area (Å²) in [6, 6.07) is 7.43. The highest BCUT2D eigenvalue weighted by Gasteiger charge is 2.50. The maximum atomic E-state index is 15.2. The van der Waals surface area contributed by atoms with Crippen molar-refractivity contribution in [3.63, 3.8) is 0 Å². The molecule has 3 N–H and O–H groups in total. The number of hydrogen-bond acceptors (Lipinski definition) is 7. The van der Waals surface area contributed by atoms with Crippen molar-refractivity contribution < 1.29 is 44.7 Å². The van der Waals surface area contributed by atoms with Crippen LogP contribution in [0.15, 0.2) is 42.5 Å². The van der Waals surface area contributed by atoms with Gasteiger partial charge in [0.1, 0.15) is 41.4 Å². The third-order valence-corrected chi connectivity index (χ3v) is 9.67. The Hall–Kier alpha value is -5.12. The molecule has 0 saturated heterocycles. The summed E-state index contributed by atoms with van der Waals surface area (Å²) in [4.78, 5) is 18.5. The van der Waals surface area contributed by atoms with E-state index in [0.29, 0.717) is 21.8 Å². The first kappa shape index (κ1) is 39.6. The first-order chi connectivity index (χ1) is 25.7. The zero-order valence-corrected chi connectivity index (χ0v) is 31.0. The van der Waals surface area contributed by atoms with E-state index in [0.717, 1.165) is 18.4 Å². The number of fused-ring (bicyclic) bond motifs is 2. The number of halogens is 7. The number of benzene rings is 2. The average molecular weight is 808 g/mol. The van der Waals surface area contributed by atoms with Crippen LogP contribution in [0.4, 0.5) is 32.2 Å². The molecule has 0 spiro atoms. The standard InChI is InChI=1S/C36H32ClF6N7O4S/c1-17-15-36(42,43)33-28(17)31(34(40)41)46-50(33)16-27(52)45-26(13-19-11-20(38)14-21(39)12-19)30-23(8-7-22(44-30)6-5-18(2)51)24-9-10-25(37)29-32(24)49(3)47-35(29)48-55(4,53)54/h7-12,14,17-18,26,34,51H,13,15-16H2,1-4H3,(H,45,52)(H,47,48). The first-order valence-corrected chi connectivity index (χ1v) is 18.8. The molecule has 1 aliphatic carbocycles. The minimum atomic E-state index is -3.83. The monoisotopic (exact) mass is 807 g/mol. The fourth-order valence-electron chi connectivity index (χ4n) is 6.84. The zero-order valence-electron chi connectivity index (χ0n) is 29.4. The largest absolute Gasteiger partial charge is 0.381 e. The van der Waals surface area contributed by atoms with Crippen molar-refractivity contribution in [1.82, 2.24) is 29.9 Å². The fraction of sp³-hybridized carbons (Fsp3) is 0.333. The molecule has 11 nitrogen and oxygen atoms in total. The van der Waals surface area contributed by atoms with Gasteiger partial charge in [-0.05, 0) is 61.1 Å². The molecule has 0 bridgehead atoms. The van der Waals surface area contributed by atoms with Gasteiger partial charge in [0.25, 0.3) is 12.3 Å². The quantitative estimate of drug-likeness (QED) is 0.108. The lowest BCUT2D eigenvalue weighted by atomic mass is 9.93. The molecule has 1 aliphatic rings. The molecule has 3 unspecified atom stereocenters. The number of aryl methyl sites for hydroxylation is 1. The number of anilines is 1. The molecule has 0 fully saturated rings. The summed E-state index contributed by atoms with van der Waals surface area (Å²) in [5.74, 6) is -2.22. The summed E-state index contributed by atoms with van der Waals surface area (Å²) in [6.07, 6.45) is -4.44. The number of pyridine rings is 1. The van der Waals surface area contributed by atoms with Crippen molar-refractivity contribution in [2.24, 2.45) is 7.05 Å². The van der Waals surface area contributed by atoms with Gasteiger partial charge in [-0.3, -0.25) is 18.9 Å². The number of rotatable bonds is 10. The number of nitrogens with zero attached hydrogens (tertiary/aromatic N) is 5. The number of aromatic nitrogens is 5. The van der Waals surface area contributed by atoms with E-state index >= 15 is 8.78 Å². The molecule has 0 saturated carbocycles. The summed E-state index contributed by atoms with van der Waals surface area (Å²) in [7, 11) is -2.31. The predicted molar refractivity (Wildman–Crippen MR) is 191 cm³/mol. The minimum Gasteiger partial charge on any atom is -0.381 e. The highest BCUT2D eigenvalue weighted by Crippen LogP contribution is 2.51. The van der Waals surface area contributed by atoms with E-state index in [1.54, 1.807) is 12.1 Å². The van der Waals surface area contributed by atoms with Crippen LogP contribution in [0.2, 0.25) is 5.02 Å². The number of alkyl halides is 4. The highest BCUT2D eigenvalue weighted by atomic mass is 35.5. The van der Waals surface area contributed by atoms with Crippen LogP contribution in [0.3, 0.4) is 0 Å². The van der Waals surface area contributed by atoms with Crippen molar-refractivity contribution in [2.75, 3.05) is 11.0 Å². The van der Waals surface area contributed by atoms with Gasteiger partial charge in [-0.2, -0.15) is 19.0 Å². The molecular formula is C36H32ClF6N7O4S. The van der Waals surface area contributed by atoms with E-state index in [4.69, 9.17) is 11.6 Å². The molecule has 0 aliphatic heterocycles. The number of hydrogen-bond donors (Lipinski definition) is 3. The highest BCUT2D eigenvalue weighted by molar-refractivity contribution is 7.92. The Morgan fingerprint density at radius 1 is 1.09 bits per heavy atom. The van der Waals surface area contributed by atoms with E-state index < -0.39 is 82.3 Å². The third kappa shape index (κ3) is 8.28. The van der Waals surface area contributed by atoms with E-state index in [-0.39, 0.29) is 50.7 Å². The summed E-state index contributed by atoms with van der Waals surface area (Å²) >= 11 is 6.55. The number of carbonyl (C=O) groups excluding carboxylic acids is 1. The van der Waals surface area contributed by atoms with Crippen LogP contribution in [0.25, 0.3) is 22.0 Å². The maximum Gasteiger partial charge on any atom is 0.290 e. The van der Waals surface area contributed by atoms with Gasteiger partial charge in [-0.25, -0.2) is 31.0 Å².